The van der Waals surface area contributed by atoms with Crippen molar-refractivity contribution in [1.29, 1.82) is 5.26 Å². The Kier molecular flexibility index (Phi) is 4.84. The van der Waals surface area contributed by atoms with E-state index in [0.29, 0.717) is 11.3 Å². The van der Waals surface area contributed by atoms with Crippen LogP contribution in [0.25, 0.3) is 0 Å². The summed E-state index contributed by atoms with van der Waals surface area (Å²) in [5.41, 5.74) is 6.18. The van der Waals surface area contributed by atoms with Gasteiger partial charge in [0.1, 0.15) is 0 Å². The van der Waals surface area contributed by atoms with E-state index in [1.54, 1.807) is 31.3 Å². The van der Waals surface area contributed by atoms with Crippen LogP contribution in [0.5, 0.6) is 0 Å². The summed E-state index contributed by atoms with van der Waals surface area (Å²) in [6.45, 7) is -0.274. The predicted molar refractivity (Wildman–Crippen MR) is 66.6 cm³/mol. The number of nitriles is 1. The molecule has 0 aromatic heterocycles. The largest absolute Gasteiger partial charge is 0.346 e. The second-order valence-corrected chi connectivity index (χ2v) is 3.60. The molecule has 0 aliphatic heterocycles. The first-order chi connectivity index (χ1) is 8.58. The highest BCUT2D eigenvalue weighted by Gasteiger charge is 2.11. The molecule has 0 aliphatic rings. The van der Waals surface area contributed by atoms with Crippen molar-refractivity contribution < 1.29 is 9.59 Å². The van der Waals surface area contributed by atoms with Gasteiger partial charge in [-0.1, -0.05) is 6.07 Å². The van der Waals surface area contributed by atoms with Crippen molar-refractivity contribution in [2.24, 2.45) is 5.73 Å². The maximum Gasteiger partial charge on any atom is 0.246 e. The lowest BCUT2D eigenvalue weighted by Crippen LogP contribution is -2.40. The van der Waals surface area contributed by atoms with E-state index in [0.717, 1.165) is 0 Å². The van der Waals surface area contributed by atoms with Crippen molar-refractivity contribution in [3.8, 4) is 6.07 Å². The van der Waals surface area contributed by atoms with Crippen molar-refractivity contribution in [2.75, 3.05) is 25.0 Å². The smallest absolute Gasteiger partial charge is 0.246 e. The first kappa shape index (κ1) is 13.7. The van der Waals surface area contributed by atoms with Crippen molar-refractivity contribution >= 4 is 17.5 Å². The zero-order valence-corrected chi connectivity index (χ0v) is 10.0. The number of rotatable bonds is 4. The highest BCUT2D eigenvalue weighted by molar-refractivity contribution is 5.96. The molecule has 0 saturated carbocycles. The average molecular weight is 246 g/mol. The van der Waals surface area contributed by atoms with Gasteiger partial charge in [0.05, 0.1) is 24.7 Å². The number of anilines is 1. The number of hydrogen-bond donors (Lipinski definition) is 2. The molecule has 18 heavy (non-hydrogen) atoms. The number of nitrogens with zero attached hydrogens (tertiary/aromatic N) is 2. The van der Waals surface area contributed by atoms with Crippen LogP contribution in [-0.4, -0.2) is 32.0 Å². The lowest BCUT2D eigenvalue weighted by atomic mass is 10.2. The summed E-state index contributed by atoms with van der Waals surface area (Å²) in [5, 5.41) is 11.2. The molecule has 0 spiro atoms. The minimum absolute atomic E-state index is 0.122. The van der Waals surface area contributed by atoms with Gasteiger partial charge in [0.25, 0.3) is 0 Å². The fourth-order valence-electron chi connectivity index (χ4n) is 1.29. The maximum absolute atomic E-state index is 11.8. The second kappa shape index (κ2) is 6.37. The first-order valence-corrected chi connectivity index (χ1v) is 5.32. The van der Waals surface area contributed by atoms with E-state index < -0.39 is 0 Å². The van der Waals surface area contributed by atoms with E-state index in [-0.39, 0.29) is 24.9 Å². The summed E-state index contributed by atoms with van der Waals surface area (Å²) < 4.78 is 0. The molecular weight excluding hydrogens is 232 g/mol. The SMILES string of the molecule is CN(C(=O)CNC(=O)CN)c1cccc(C#N)c1. The number of nitrogens with two attached hydrogens (primary N) is 1. The van der Waals surface area contributed by atoms with Crippen LogP contribution in [-0.2, 0) is 9.59 Å². The van der Waals surface area contributed by atoms with Gasteiger partial charge in [-0.15, -0.1) is 0 Å². The van der Waals surface area contributed by atoms with E-state index >= 15 is 0 Å². The Balaban J connectivity index is 2.68. The molecule has 6 nitrogen and oxygen atoms in total. The Bertz CT molecular complexity index is 493. The van der Waals surface area contributed by atoms with Crippen LogP contribution in [0.2, 0.25) is 0 Å². The standard InChI is InChI=1S/C12H14N4O2/c1-16(12(18)8-15-11(17)7-14)10-4-2-3-9(5-10)6-13/h2-5H,7-8,14H2,1H3,(H,15,17). The van der Waals surface area contributed by atoms with Crippen LogP contribution >= 0.6 is 0 Å². The third-order valence-electron chi connectivity index (χ3n) is 2.36. The summed E-state index contributed by atoms with van der Waals surface area (Å²) in [6.07, 6.45) is 0. The minimum atomic E-state index is -0.387. The number of nitrogens with one attached hydrogen (secondary N) is 1. The molecule has 0 atom stereocenters. The zero-order chi connectivity index (χ0) is 13.5. The van der Waals surface area contributed by atoms with E-state index in [9.17, 15) is 9.59 Å². The second-order valence-electron chi connectivity index (χ2n) is 3.60. The van der Waals surface area contributed by atoms with Gasteiger partial charge in [0, 0.05) is 12.7 Å². The molecule has 1 aromatic rings. The predicted octanol–water partition coefficient (Wildman–Crippen LogP) is -0.404. The molecule has 2 amide bonds. The Hall–Kier alpha value is -2.39. The molecule has 0 aliphatic carbocycles. The lowest BCUT2D eigenvalue weighted by molar-refractivity contribution is -0.124. The van der Waals surface area contributed by atoms with Crippen LogP contribution in [0.4, 0.5) is 5.69 Å². The van der Waals surface area contributed by atoms with Gasteiger partial charge in [-0.05, 0) is 18.2 Å². The number of likely N-dealkylation sites (N-methyl/N-ethyl adjacent to an activating group) is 1. The normalized spacial score (nSPS) is 9.39. The maximum atomic E-state index is 11.8. The molecule has 1 aromatic carbocycles. The third kappa shape index (κ3) is 3.57. The number of hydrogen-bond acceptors (Lipinski definition) is 4. The van der Waals surface area contributed by atoms with Gasteiger partial charge in [0.15, 0.2) is 0 Å². The van der Waals surface area contributed by atoms with E-state index in [2.05, 4.69) is 5.32 Å². The molecule has 0 bridgehead atoms. The molecule has 94 valence electrons. The Morgan fingerprint density at radius 1 is 1.50 bits per heavy atom. The monoisotopic (exact) mass is 246 g/mol. The molecule has 0 heterocycles. The summed E-state index contributed by atoms with van der Waals surface area (Å²) >= 11 is 0. The molecular formula is C12H14N4O2. The van der Waals surface area contributed by atoms with E-state index in [1.807, 2.05) is 6.07 Å². The third-order valence-corrected chi connectivity index (χ3v) is 2.36. The molecule has 1 rings (SSSR count). The van der Waals surface area contributed by atoms with Crippen LogP contribution < -0.4 is 16.0 Å². The fourth-order valence-corrected chi connectivity index (χ4v) is 1.29. The Labute approximate surface area is 105 Å². The number of carbonyl (C=O) groups is 2. The van der Waals surface area contributed by atoms with Gasteiger partial charge >= 0.3 is 0 Å². The number of amides is 2. The molecule has 6 heteroatoms. The highest BCUT2D eigenvalue weighted by Crippen LogP contribution is 2.14. The van der Waals surface area contributed by atoms with Gasteiger partial charge in [0.2, 0.25) is 11.8 Å². The Morgan fingerprint density at radius 2 is 2.22 bits per heavy atom. The van der Waals surface area contributed by atoms with E-state index in [1.165, 1.54) is 4.90 Å². The summed E-state index contributed by atoms with van der Waals surface area (Å²) in [6, 6.07) is 8.65. The van der Waals surface area contributed by atoms with Crippen molar-refractivity contribution in [3.05, 3.63) is 29.8 Å². The van der Waals surface area contributed by atoms with Gasteiger partial charge in [-0.2, -0.15) is 5.26 Å². The van der Waals surface area contributed by atoms with Gasteiger partial charge < -0.3 is 16.0 Å². The van der Waals surface area contributed by atoms with Crippen molar-refractivity contribution in [1.82, 2.24) is 5.32 Å². The lowest BCUT2D eigenvalue weighted by Gasteiger charge is -2.17. The summed E-state index contributed by atoms with van der Waals surface area (Å²) in [7, 11) is 1.58. The van der Waals surface area contributed by atoms with Crippen LogP contribution in [0.15, 0.2) is 24.3 Å². The molecule has 0 unspecified atom stereocenters. The van der Waals surface area contributed by atoms with Crippen LogP contribution in [0.1, 0.15) is 5.56 Å². The molecule has 3 N–H and O–H groups in total. The van der Waals surface area contributed by atoms with E-state index in [4.69, 9.17) is 11.0 Å². The van der Waals surface area contributed by atoms with Gasteiger partial charge in [-0.3, -0.25) is 9.59 Å². The van der Waals surface area contributed by atoms with Gasteiger partial charge in [-0.25, -0.2) is 0 Å². The molecule has 0 fully saturated rings. The Morgan fingerprint density at radius 3 is 2.83 bits per heavy atom. The van der Waals surface area contributed by atoms with Crippen molar-refractivity contribution in [3.63, 3.8) is 0 Å². The average Bonchev–Trinajstić information content (AvgIpc) is 2.43. The van der Waals surface area contributed by atoms with Crippen LogP contribution in [0, 0.1) is 11.3 Å². The molecule has 0 radical (unpaired) electrons. The highest BCUT2D eigenvalue weighted by atomic mass is 16.2. The quantitative estimate of drug-likeness (QED) is 0.754. The zero-order valence-electron chi connectivity index (χ0n) is 10.0. The minimum Gasteiger partial charge on any atom is -0.346 e. The summed E-state index contributed by atoms with van der Waals surface area (Å²) in [4.78, 5) is 24.0. The summed E-state index contributed by atoms with van der Waals surface area (Å²) in [5.74, 6) is -0.672. The van der Waals surface area contributed by atoms with Crippen LogP contribution in [0.3, 0.4) is 0 Å². The topological polar surface area (TPSA) is 99.2 Å². The fraction of sp³-hybridized carbons (Fsp3) is 0.250. The van der Waals surface area contributed by atoms with Crippen molar-refractivity contribution in [2.45, 2.75) is 0 Å². The first-order valence-electron chi connectivity index (χ1n) is 5.32. The number of carbonyl (C=O) groups excluding carboxylic acids is 2. The molecule has 0 saturated heterocycles. The number of benzene rings is 1.